The van der Waals surface area contributed by atoms with E-state index in [1.54, 1.807) is 0 Å². The topological polar surface area (TPSA) is 0 Å². The molecule has 0 bridgehead atoms. The van der Waals surface area contributed by atoms with Crippen LogP contribution in [-0.2, 0) is 26.2 Å². The predicted octanol–water partition coefficient (Wildman–Crippen LogP) is -0.262. The van der Waals surface area contributed by atoms with Gasteiger partial charge in [0.2, 0.25) is 0 Å². The Labute approximate surface area is 163 Å². The minimum atomic E-state index is 0. The summed E-state index contributed by atoms with van der Waals surface area (Å²) in [5.41, 5.74) is 5.91. The summed E-state index contributed by atoms with van der Waals surface area (Å²) >= 11 is 0. The number of allylic oxidation sites excluding steroid dienone is 8. The van der Waals surface area contributed by atoms with E-state index < -0.39 is 0 Å². The van der Waals surface area contributed by atoms with Crippen molar-refractivity contribution in [2.24, 2.45) is 0 Å². The monoisotopic (exact) mass is 402 g/mol. The van der Waals surface area contributed by atoms with Gasteiger partial charge in [-0.1, -0.05) is 53.4 Å². The number of halogens is 2. The average molecular weight is 405 g/mol. The minimum absolute atomic E-state index is 0. The summed E-state index contributed by atoms with van der Waals surface area (Å²) in [6, 6.07) is 0. The number of hydrogen-bond acceptors (Lipinski definition) is 0. The molecule has 2 rings (SSSR count). The second-order valence-electron chi connectivity index (χ2n) is 4.59. The van der Waals surface area contributed by atoms with Gasteiger partial charge in [0.1, 0.15) is 0 Å². The second kappa shape index (κ2) is 15.3. The molecule has 0 amide bonds. The molecular weight excluding hydrogens is 378 g/mol. The molecule has 0 radical (unpaired) electrons. The molecule has 0 aromatic carbocycles. The first-order chi connectivity index (χ1) is 8.76. The molecule has 2 aliphatic rings. The smallest absolute Gasteiger partial charge is 1.00 e. The molecule has 3 heteroatoms. The van der Waals surface area contributed by atoms with E-state index >= 15 is 0 Å². The van der Waals surface area contributed by atoms with Crippen molar-refractivity contribution in [3.05, 3.63) is 46.6 Å². The summed E-state index contributed by atoms with van der Waals surface area (Å²) in [5, 5.41) is 0. The largest absolute Gasteiger partial charge is 4.00 e. The Bertz CT molecular complexity index is 316. The van der Waals surface area contributed by atoms with Gasteiger partial charge in [0, 0.05) is 0 Å². The molecule has 0 unspecified atom stereocenters. The molecule has 21 heavy (non-hydrogen) atoms. The maximum Gasteiger partial charge on any atom is 4.00 e. The summed E-state index contributed by atoms with van der Waals surface area (Å²) < 4.78 is 0. The van der Waals surface area contributed by atoms with Gasteiger partial charge in [0.25, 0.3) is 0 Å². The maximum absolute atomic E-state index is 3.33. The second-order valence-corrected chi connectivity index (χ2v) is 4.59. The van der Waals surface area contributed by atoms with Gasteiger partial charge in [-0.05, 0) is 0 Å². The van der Waals surface area contributed by atoms with Crippen molar-refractivity contribution in [1.29, 1.82) is 0 Å². The van der Waals surface area contributed by atoms with Crippen molar-refractivity contribution in [3.63, 3.8) is 0 Å². The fourth-order valence-corrected chi connectivity index (χ4v) is 2.49. The van der Waals surface area contributed by atoms with E-state index in [1.165, 1.54) is 35.1 Å². The molecule has 0 N–H and O–H groups in total. The van der Waals surface area contributed by atoms with Gasteiger partial charge >= 0.3 is 26.2 Å². The molecule has 0 atom stereocenters. The normalized spacial score (nSPS) is 15.0. The SMILES string of the molecule is CCC1=[C-]CC=C1CC.CCC1=[C-]CC=C1CC.[Cl-].[Cl-].[Zr+4]. The molecule has 0 aromatic heterocycles. The first-order valence-corrected chi connectivity index (χ1v) is 7.34. The van der Waals surface area contributed by atoms with E-state index in [9.17, 15) is 0 Å². The Balaban J connectivity index is -0.000000270. The molecule has 0 saturated heterocycles. The predicted molar refractivity (Wildman–Crippen MR) is 80.1 cm³/mol. The van der Waals surface area contributed by atoms with Crippen molar-refractivity contribution in [2.45, 2.75) is 66.2 Å². The molecule has 0 aliphatic heterocycles. The van der Waals surface area contributed by atoms with Crippen LogP contribution < -0.4 is 24.8 Å². The molecule has 116 valence electrons. The Hall–Kier alpha value is 0.423. The molecule has 0 fully saturated rings. The van der Waals surface area contributed by atoms with Crippen LogP contribution in [0.3, 0.4) is 0 Å². The zero-order valence-corrected chi connectivity index (χ0v) is 17.6. The summed E-state index contributed by atoms with van der Waals surface area (Å²) in [5.74, 6) is 0. The van der Waals surface area contributed by atoms with Crippen LogP contribution in [0.1, 0.15) is 66.2 Å². The van der Waals surface area contributed by atoms with Crippen LogP contribution in [-0.4, -0.2) is 0 Å². The van der Waals surface area contributed by atoms with Crippen molar-refractivity contribution < 1.29 is 51.0 Å². The van der Waals surface area contributed by atoms with Crippen LogP contribution in [0.4, 0.5) is 0 Å². The maximum atomic E-state index is 3.33. The van der Waals surface area contributed by atoms with E-state index in [2.05, 4.69) is 52.0 Å². The number of hydrogen-bond donors (Lipinski definition) is 0. The van der Waals surface area contributed by atoms with Gasteiger partial charge in [-0.15, -0.1) is 12.8 Å². The summed E-state index contributed by atoms with van der Waals surface area (Å²) in [7, 11) is 0. The zero-order valence-electron chi connectivity index (χ0n) is 13.7. The quantitative estimate of drug-likeness (QED) is 0.567. The van der Waals surface area contributed by atoms with E-state index in [0.717, 1.165) is 25.7 Å². The third-order valence-electron chi connectivity index (χ3n) is 3.57. The first-order valence-electron chi connectivity index (χ1n) is 7.34. The van der Waals surface area contributed by atoms with Crippen molar-refractivity contribution >= 4 is 0 Å². The van der Waals surface area contributed by atoms with E-state index in [-0.39, 0.29) is 51.0 Å². The zero-order chi connectivity index (χ0) is 13.4. The van der Waals surface area contributed by atoms with Crippen LogP contribution in [0, 0.1) is 12.2 Å². The standard InChI is InChI=1S/2C9H13.2ClH.Zr/c2*1-3-8-6-5-7-9(8)4-2;;;/h2*6H,3-5H2,1-2H3;2*1H;/q2*-1;;;+4/p-2. The van der Waals surface area contributed by atoms with Gasteiger partial charge in [-0.3, -0.25) is 12.2 Å². The van der Waals surface area contributed by atoms with Crippen LogP contribution >= 0.6 is 0 Å². The van der Waals surface area contributed by atoms with Gasteiger partial charge in [0.05, 0.1) is 0 Å². The van der Waals surface area contributed by atoms with E-state index in [4.69, 9.17) is 0 Å². The minimum Gasteiger partial charge on any atom is -1.00 e. The van der Waals surface area contributed by atoms with E-state index in [1.807, 2.05) is 0 Å². The number of rotatable bonds is 4. The van der Waals surface area contributed by atoms with Crippen LogP contribution in [0.15, 0.2) is 34.4 Å². The van der Waals surface area contributed by atoms with Crippen LogP contribution in [0.25, 0.3) is 0 Å². The van der Waals surface area contributed by atoms with Crippen LogP contribution in [0.5, 0.6) is 0 Å². The first kappa shape index (κ1) is 26.3. The molecule has 0 saturated carbocycles. The van der Waals surface area contributed by atoms with Gasteiger partial charge in [-0.2, -0.15) is 23.3 Å². The van der Waals surface area contributed by atoms with Gasteiger partial charge < -0.3 is 24.8 Å². The summed E-state index contributed by atoms with van der Waals surface area (Å²) in [6.45, 7) is 8.79. The average Bonchev–Trinajstić information content (AvgIpc) is 3.06. The van der Waals surface area contributed by atoms with Gasteiger partial charge in [-0.25, -0.2) is 11.1 Å². The Morgan fingerprint density at radius 1 is 0.714 bits per heavy atom. The molecule has 0 spiro atoms. The molecule has 0 nitrogen and oxygen atoms in total. The third kappa shape index (κ3) is 8.58. The summed E-state index contributed by atoms with van der Waals surface area (Å²) in [4.78, 5) is 0. The molecular formula is C18H26Cl2Zr. The Morgan fingerprint density at radius 3 is 1.24 bits per heavy atom. The third-order valence-corrected chi connectivity index (χ3v) is 3.57. The Morgan fingerprint density at radius 2 is 1.05 bits per heavy atom. The molecule has 0 aromatic rings. The van der Waals surface area contributed by atoms with Crippen molar-refractivity contribution in [1.82, 2.24) is 0 Å². The van der Waals surface area contributed by atoms with Gasteiger partial charge in [0.15, 0.2) is 0 Å². The van der Waals surface area contributed by atoms with Crippen LogP contribution in [0.2, 0.25) is 0 Å². The summed E-state index contributed by atoms with van der Waals surface area (Å²) in [6.07, 6.45) is 18.0. The molecule has 2 aliphatic carbocycles. The fourth-order valence-electron chi connectivity index (χ4n) is 2.49. The Kier molecular flexibility index (Phi) is 19.2. The van der Waals surface area contributed by atoms with Crippen molar-refractivity contribution in [2.75, 3.05) is 0 Å². The molecule has 0 heterocycles. The van der Waals surface area contributed by atoms with Crippen molar-refractivity contribution in [3.8, 4) is 0 Å². The fraction of sp³-hybridized carbons (Fsp3) is 0.556. The van der Waals surface area contributed by atoms with E-state index in [0.29, 0.717) is 0 Å².